The Hall–Kier alpha value is -3.22. The molecule has 1 fully saturated rings. The first kappa shape index (κ1) is 19.1. The highest BCUT2D eigenvalue weighted by atomic mass is 19.1. The number of rotatable bonds is 3. The standard InChI is InChI=1S/C22H23FN4O2/c1-16-6-8-17(9-7-16)27-21(28)11-10-19(24-27)22(29)26-14-12-25(13-15-26)20-5-3-2-4-18(20)23/h2-9H,10-15H2,1H3. The van der Waals surface area contributed by atoms with Crippen molar-refractivity contribution >= 4 is 28.9 Å². The van der Waals surface area contributed by atoms with Crippen molar-refractivity contribution < 1.29 is 14.0 Å². The van der Waals surface area contributed by atoms with Gasteiger partial charge in [-0.25, -0.2) is 9.40 Å². The van der Waals surface area contributed by atoms with Crippen LogP contribution in [0.1, 0.15) is 18.4 Å². The summed E-state index contributed by atoms with van der Waals surface area (Å²) in [6, 6.07) is 14.2. The molecule has 2 heterocycles. The van der Waals surface area contributed by atoms with Gasteiger partial charge in [0.1, 0.15) is 11.5 Å². The number of carbonyl (C=O) groups excluding carboxylic acids is 2. The van der Waals surface area contributed by atoms with Crippen molar-refractivity contribution in [3.63, 3.8) is 0 Å². The summed E-state index contributed by atoms with van der Waals surface area (Å²) in [5, 5.41) is 5.69. The van der Waals surface area contributed by atoms with Crippen LogP contribution in [0.4, 0.5) is 15.8 Å². The maximum absolute atomic E-state index is 14.0. The molecule has 0 atom stereocenters. The summed E-state index contributed by atoms with van der Waals surface area (Å²) in [6.07, 6.45) is 0.598. The molecule has 0 bridgehead atoms. The van der Waals surface area contributed by atoms with Crippen molar-refractivity contribution in [3.8, 4) is 0 Å². The van der Waals surface area contributed by atoms with Crippen LogP contribution in [0, 0.1) is 12.7 Å². The SMILES string of the molecule is Cc1ccc(N2N=C(C(=O)N3CCN(c4ccccc4F)CC3)CCC2=O)cc1. The summed E-state index contributed by atoms with van der Waals surface area (Å²) in [6.45, 7) is 4.07. The van der Waals surface area contributed by atoms with Crippen LogP contribution >= 0.6 is 0 Å². The minimum absolute atomic E-state index is 0.116. The van der Waals surface area contributed by atoms with Crippen molar-refractivity contribution in [2.75, 3.05) is 36.1 Å². The van der Waals surface area contributed by atoms with Crippen molar-refractivity contribution in [1.29, 1.82) is 0 Å². The smallest absolute Gasteiger partial charge is 0.270 e. The quantitative estimate of drug-likeness (QED) is 0.804. The third-order valence-electron chi connectivity index (χ3n) is 5.32. The number of piperazine rings is 1. The van der Waals surface area contributed by atoms with Gasteiger partial charge in [0, 0.05) is 39.0 Å². The Bertz CT molecular complexity index is 950. The number of anilines is 2. The lowest BCUT2D eigenvalue weighted by atomic mass is 10.1. The lowest BCUT2D eigenvalue weighted by molar-refractivity contribution is -0.124. The van der Waals surface area contributed by atoms with Crippen LogP contribution < -0.4 is 9.91 Å². The van der Waals surface area contributed by atoms with Gasteiger partial charge in [-0.15, -0.1) is 0 Å². The molecule has 0 spiro atoms. The number of halogens is 1. The van der Waals surface area contributed by atoms with E-state index in [4.69, 9.17) is 0 Å². The Labute approximate surface area is 169 Å². The number of benzene rings is 2. The average molecular weight is 394 g/mol. The molecule has 0 saturated carbocycles. The van der Waals surface area contributed by atoms with Crippen molar-refractivity contribution in [1.82, 2.24) is 4.90 Å². The van der Waals surface area contributed by atoms with E-state index in [0.29, 0.717) is 49.7 Å². The summed E-state index contributed by atoms with van der Waals surface area (Å²) in [7, 11) is 0. The summed E-state index contributed by atoms with van der Waals surface area (Å²) in [5.41, 5.74) is 2.71. The van der Waals surface area contributed by atoms with E-state index in [1.54, 1.807) is 17.0 Å². The molecular formula is C22H23FN4O2. The number of hydrogen-bond acceptors (Lipinski definition) is 4. The first-order chi connectivity index (χ1) is 14.0. The van der Waals surface area contributed by atoms with Gasteiger partial charge in [-0.2, -0.15) is 5.10 Å². The number of amides is 2. The van der Waals surface area contributed by atoms with Gasteiger partial charge in [-0.1, -0.05) is 29.8 Å². The number of aryl methyl sites for hydroxylation is 1. The highest BCUT2D eigenvalue weighted by Crippen LogP contribution is 2.23. The van der Waals surface area contributed by atoms with Crippen LogP contribution in [0.2, 0.25) is 0 Å². The number of para-hydroxylation sites is 1. The molecule has 4 rings (SSSR count). The molecule has 2 amide bonds. The molecule has 0 aliphatic carbocycles. The highest BCUT2D eigenvalue weighted by Gasteiger charge is 2.30. The third kappa shape index (κ3) is 3.99. The molecule has 2 aliphatic heterocycles. The Morgan fingerprint density at radius 1 is 0.966 bits per heavy atom. The molecule has 0 radical (unpaired) electrons. The summed E-state index contributed by atoms with van der Waals surface area (Å²) in [4.78, 5) is 29.0. The molecule has 0 unspecified atom stereocenters. The van der Waals surface area contributed by atoms with Gasteiger partial charge >= 0.3 is 0 Å². The van der Waals surface area contributed by atoms with E-state index in [-0.39, 0.29) is 24.1 Å². The van der Waals surface area contributed by atoms with Crippen LogP contribution in [0.25, 0.3) is 0 Å². The largest absolute Gasteiger partial charge is 0.366 e. The van der Waals surface area contributed by atoms with E-state index in [2.05, 4.69) is 5.10 Å². The Morgan fingerprint density at radius 2 is 1.66 bits per heavy atom. The fourth-order valence-corrected chi connectivity index (χ4v) is 3.64. The molecule has 0 N–H and O–H groups in total. The van der Waals surface area contributed by atoms with E-state index in [1.807, 2.05) is 42.2 Å². The molecule has 2 aromatic carbocycles. The lowest BCUT2D eigenvalue weighted by Crippen LogP contribution is -2.51. The summed E-state index contributed by atoms with van der Waals surface area (Å²) < 4.78 is 14.0. The summed E-state index contributed by atoms with van der Waals surface area (Å²) >= 11 is 0. The first-order valence-corrected chi connectivity index (χ1v) is 9.79. The van der Waals surface area contributed by atoms with Gasteiger partial charge < -0.3 is 9.80 Å². The number of hydrogen-bond donors (Lipinski definition) is 0. The predicted octanol–water partition coefficient (Wildman–Crippen LogP) is 2.97. The molecule has 2 aliphatic rings. The van der Waals surface area contributed by atoms with E-state index < -0.39 is 0 Å². The van der Waals surface area contributed by atoms with Crippen LogP contribution in [0.3, 0.4) is 0 Å². The Morgan fingerprint density at radius 3 is 2.34 bits per heavy atom. The zero-order valence-corrected chi connectivity index (χ0v) is 16.3. The van der Waals surface area contributed by atoms with Gasteiger partial charge in [0.15, 0.2) is 0 Å². The number of hydrazone groups is 1. The molecule has 2 aromatic rings. The second kappa shape index (κ2) is 8.03. The highest BCUT2D eigenvalue weighted by molar-refractivity contribution is 6.40. The molecule has 0 aromatic heterocycles. The Kier molecular flexibility index (Phi) is 5.29. The zero-order chi connectivity index (χ0) is 20.4. The molecule has 150 valence electrons. The minimum atomic E-state index is -0.254. The number of nitrogens with zero attached hydrogens (tertiary/aromatic N) is 4. The lowest BCUT2D eigenvalue weighted by Gasteiger charge is -2.36. The maximum atomic E-state index is 14.0. The van der Waals surface area contributed by atoms with E-state index in [1.165, 1.54) is 11.1 Å². The molecule has 6 nitrogen and oxygen atoms in total. The predicted molar refractivity (Wildman–Crippen MR) is 111 cm³/mol. The van der Waals surface area contributed by atoms with Gasteiger partial charge in [-0.05, 0) is 31.2 Å². The molecular weight excluding hydrogens is 371 g/mol. The number of carbonyl (C=O) groups is 2. The van der Waals surface area contributed by atoms with Gasteiger partial charge in [0.2, 0.25) is 5.91 Å². The van der Waals surface area contributed by atoms with E-state index in [0.717, 1.165) is 5.56 Å². The molecule has 1 saturated heterocycles. The van der Waals surface area contributed by atoms with Crippen LogP contribution in [-0.2, 0) is 9.59 Å². The Balaban J connectivity index is 1.45. The fraction of sp³-hybridized carbons (Fsp3) is 0.318. The van der Waals surface area contributed by atoms with Crippen LogP contribution in [-0.4, -0.2) is 48.6 Å². The van der Waals surface area contributed by atoms with E-state index >= 15 is 0 Å². The normalized spacial score (nSPS) is 17.4. The third-order valence-corrected chi connectivity index (χ3v) is 5.32. The monoisotopic (exact) mass is 394 g/mol. The fourth-order valence-electron chi connectivity index (χ4n) is 3.64. The van der Waals surface area contributed by atoms with Gasteiger partial charge in [0.25, 0.3) is 5.91 Å². The van der Waals surface area contributed by atoms with Crippen LogP contribution in [0.5, 0.6) is 0 Å². The summed E-state index contributed by atoms with van der Waals surface area (Å²) in [5.74, 6) is -0.520. The first-order valence-electron chi connectivity index (χ1n) is 9.79. The molecule has 29 heavy (non-hydrogen) atoms. The van der Waals surface area contributed by atoms with Gasteiger partial charge in [0.05, 0.1) is 11.4 Å². The van der Waals surface area contributed by atoms with Gasteiger partial charge in [-0.3, -0.25) is 9.59 Å². The van der Waals surface area contributed by atoms with Crippen LogP contribution in [0.15, 0.2) is 53.6 Å². The zero-order valence-electron chi connectivity index (χ0n) is 16.3. The van der Waals surface area contributed by atoms with E-state index in [9.17, 15) is 14.0 Å². The molecule has 7 heteroatoms. The topological polar surface area (TPSA) is 56.2 Å². The average Bonchev–Trinajstić information content (AvgIpc) is 2.75. The van der Waals surface area contributed by atoms with Crippen molar-refractivity contribution in [3.05, 3.63) is 59.9 Å². The maximum Gasteiger partial charge on any atom is 0.270 e. The van der Waals surface area contributed by atoms with Crippen molar-refractivity contribution in [2.24, 2.45) is 5.10 Å². The second-order valence-electron chi connectivity index (χ2n) is 7.32. The van der Waals surface area contributed by atoms with Crippen molar-refractivity contribution in [2.45, 2.75) is 19.8 Å². The second-order valence-corrected chi connectivity index (χ2v) is 7.32. The minimum Gasteiger partial charge on any atom is -0.366 e.